The zero-order valence-corrected chi connectivity index (χ0v) is 11.7. The highest BCUT2D eigenvalue weighted by Gasteiger charge is 2.59. The minimum Gasteiger partial charge on any atom is -0.272 e. The van der Waals surface area contributed by atoms with Gasteiger partial charge in [-0.2, -0.15) is 0 Å². The van der Waals surface area contributed by atoms with Crippen LogP contribution in [0.4, 0.5) is 13.2 Å². The lowest BCUT2D eigenvalue weighted by Crippen LogP contribution is -2.41. The molecule has 0 spiro atoms. The molecule has 114 valence electrons. The molecule has 2 unspecified atom stereocenters. The average Bonchev–Trinajstić information content (AvgIpc) is 2.98. The molecule has 2 heterocycles. The Hall–Kier alpha value is -1.56. The maximum Gasteiger partial charge on any atom is 0.254 e. The Balaban J connectivity index is 1.94. The number of hydrogen-bond donors (Lipinski definition) is 0. The zero-order chi connectivity index (χ0) is 15.2. The van der Waals surface area contributed by atoms with Crippen molar-refractivity contribution in [3.8, 4) is 0 Å². The van der Waals surface area contributed by atoms with Gasteiger partial charge < -0.3 is 0 Å². The second-order valence-electron chi connectivity index (χ2n) is 5.71. The molecule has 3 nitrogen and oxygen atoms in total. The van der Waals surface area contributed by atoms with Gasteiger partial charge in [0, 0.05) is 13.1 Å². The van der Waals surface area contributed by atoms with E-state index in [9.17, 15) is 18.0 Å². The van der Waals surface area contributed by atoms with Crippen molar-refractivity contribution in [3.05, 3.63) is 35.6 Å². The van der Waals surface area contributed by atoms with Gasteiger partial charge in [0.15, 0.2) is 0 Å². The molecule has 21 heavy (non-hydrogen) atoms. The molecule has 0 bridgehead atoms. The molecule has 0 aromatic heterocycles. The van der Waals surface area contributed by atoms with Gasteiger partial charge in [-0.05, 0) is 30.5 Å². The van der Waals surface area contributed by atoms with E-state index >= 15 is 0 Å². The molecule has 0 aliphatic carbocycles. The largest absolute Gasteiger partial charge is 0.272 e. The minimum absolute atomic E-state index is 0.0474. The third kappa shape index (κ3) is 2.04. The van der Waals surface area contributed by atoms with Crippen LogP contribution >= 0.6 is 0 Å². The first-order valence-electron chi connectivity index (χ1n) is 7.11. The number of hydrogen-bond acceptors (Lipinski definition) is 2. The summed E-state index contributed by atoms with van der Waals surface area (Å²) in [6.07, 6.45) is -1.95. The van der Waals surface area contributed by atoms with Crippen molar-refractivity contribution in [1.82, 2.24) is 10.0 Å². The molecule has 1 aromatic carbocycles. The highest BCUT2D eigenvalue weighted by molar-refractivity contribution is 5.85. The van der Waals surface area contributed by atoms with Crippen LogP contribution in [0.3, 0.4) is 0 Å². The molecule has 6 heteroatoms. The third-order valence-corrected chi connectivity index (χ3v) is 4.64. The lowest BCUT2D eigenvalue weighted by atomic mass is 9.84. The number of carbonyl (C=O) groups is 1. The number of hydrazine groups is 1. The molecule has 2 atom stereocenters. The van der Waals surface area contributed by atoms with E-state index in [1.807, 2.05) is 0 Å². The van der Waals surface area contributed by atoms with Crippen LogP contribution in [0.5, 0.6) is 0 Å². The fraction of sp³-hybridized carbons (Fsp3) is 0.533. The first kappa shape index (κ1) is 14.4. The highest BCUT2D eigenvalue weighted by atomic mass is 19.3. The summed E-state index contributed by atoms with van der Waals surface area (Å²) in [6.45, 7) is 2.21. The Labute approximate surface area is 121 Å². The standard InChI is InChI=1S/C15H17F3N2O/c1-2-15(13(17)18)9-19-7-6-12(20(19)14(15)21)10-4-3-5-11(16)8-10/h3-5,8,12-13H,2,6-7,9H2,1H3. The van der Waals surface area contributed by atoms with Crippen molar-refractivity contribution >= 4 is 5.91 Å². The van der Waals surface area contributed by atoms with Crippen molar-refractivity contribution in [1.29, 1.82) is 0 Å². The van der Waals surface area contributed by atoms with E-state index in [2.05, 4.69) is 0 Å². The van der Waals surface area contributed by atoms with E-state index in [4.69, 9.17) is 0 Å². The van der Waals surface area contributed by atoms with Gasteiger partial charge in [-0.1, -0.05) is 19.1 Å². The van der Waals surface area contributed by atoms with Crippen LogP contribution < -0.4 is 0 Å². The van der Waals surface area contributed by atoms with Crippen molar-refractivity contribution in [3.63, 3.8) is 0 Å². The zero-order valence-electron chi connectivity index (χ0n) is 11.7. The Morgan fingerprint density at radius 3 is 2.81 bits per heavy atom. The maximum absolute atomic E-state index is 13.4. The van der Waals surface area contributed by atoms with Crippen LogP contribution in [-0.2, 0) is 4.79 Å². The normalized spacial score (nSPS) is 29.5. The minimum atomic E-state index is -2.69. The van der Waals surface area contributed by atoms with Crippen molar-refractivity contribution in [2.75, 3.05) is 13.1 Å². The highest BCUT2D eigenvalue weighted by Crippen LogP contribution is 2.46. The smallest absolute Gasteiger partial charge is 0.254 e. The topological polar surface area (TPSA) is 23.6 Å². The predicted octanol–water partition coefficient (Wildman–Crippen LogP) is 2.99. The molecule has 1 aromatic rings. The predicted molar refractivity (Wildman–Crippen MR) is 70.9 cm³/mol. The van der Waals surface area contributed by atoms with Gasteiger partial charge in [0.25, 0.3) is 12.3 Å². The summed E-state index contributed by atoms with van der Waals surface area (Å²) in [5.41, 5.74) is -0.960. The van der Waals surface area contributed by atoms with Crippen molar-refractivity contribution < 1.29 is 18.0 Å². The summed E-state index contributed by atoms with van der Waals surface area (Å²) < 4.78 is 40.2. The number of amides is 1. The molecule has 2 fully saturated rings. The third-order valence-electron chi connectivity index (χ3n) is 4.64. The summed E-state index contributed by atoms with van der Waals surface area (Å²) in [6, 6.07) is 5.67. The summed E-state index contributed by atoms with van der Waals surface area (Å²) in [5, 5.41) is 3.11. The molecule has 2 aliphatic heterocycles. The number of carbonyl (C=O) groups excluding carboxylic acids is 1. The lowest BCUT2D eigenvalue weighted by Gasteiger charge is -2.27. The van der Waals surface area contributed by atoms with Gasteiger partial charge >= 0.3 is 0 Å². The van der Waals surface area contributed by atoms with Gasteiger partial charge in [-0.3, -0.25) is 9.80 Å². The first-order valence-corrected chi connectivity index (χ1v) is 7.11. The van der Waals surface area contributed by atoms with Crippen LogP contribution in [0.2, 0.25) is 0 Å². The molecular weight excluding hydrogens is 281 g/mol. The Bertz CT molecular complexity index is 566. The van der Waals surface area contributed by atoms with E-state index in [0.29, 0.717) is 18.5 Å². The van der Waals surface area contributed by atoms with E-state index in [1.165, 1.54) is 17.1 Å². The van der Waals surface area contributed by atoms with Gasteiger partial charge in [0.1, 0.15) is 11.2 Å². The number of halogens is 3. The first-order chi connectivity index (χ1) is 9.99. The molecule has 2 saturated heterocycles. The Morgan fingerprint density at radius 2 is 2.19 bits per heavy atom. The number of benzene rings is 1. The van der Waals surface area contributed by atoms with Gasteiger partial charge in [0.2, 0.25) is 0 Å². The monoisotopic (exact) mass is 298 g/mol. The van der Waals surface area contributed by atoms with Gasteiger partial charge in [-0.15, -0.1) is 0 Å². The van der Waals surface area contributed by atoms with Gasteiger partial charge in [-0.25, -0.2) is 18.2 Å². The molecule has 0 N–H and O–H groups in total. The van der Waals surface area contributed by atoms with Crippen molar-refractivity contribution in [2.24, 2.45) is 5.41 Å². The molecular formula is C15H17F3N2O. The number of fused-ring (bicyclic) bond motifs is 1. The fourth-order valence-electron chi connectivity index (χ4n) is 3.35. The van der Waals surface area contributed by atoms with Crippen molar-refractivity contribution in [2.45, 2.75) is 32.2 Å². The SMILES string of the molecule is CCC1(C(F)F)CN2CCC(c3cccc(F)c3)N2C1=O. The quantitative estimate of drug-likeness (QED) is 0.856. The second kappa shape index (κ2) is 5.02. The van der Waals surface area contributed by atoms with E-state index in [1.54, 1.807) is 24.1 Å². The average molecular weight is 298 g/mol. The summed E-state index contributed by atoms with van der Waals surface area (Å²) in [7, 11) is 0. The van der Waals surface area contributed by atoms with Crippen LogP contribution in [-0.4, -0.2) is 35.4 Å². The lowest BCUT2D eigenvalue weighted by molar-refractivity contribution is -0.148. The number of nitrogens with zero attached hydrogens (tertiary/aromatic N) is 2. The Kier molecular flexibility index (Phi) is 3.43. The summed E-state index contributed by atoms with van der Waals surface area (Å²) in [4.78, 5) is 12.6. The number of alkyl halides is 2. The summed E-state index contributed by atoms with van der Waals surface area (Å²) >= 11 is 0. The molecule has 3 rings (SSSR count). The summed E-state index contributed by atoms with van der Waals surface area (Å²) in [5.74, 6) is -0.917. The maximum atomic E-state index is 13.4. The van der Waals surface area contributed by atoms with E-state index in [0.717, 1.165) is 0 Å². The fourth-order valence-corrected chi connectivity index (χ4v) is 3.35. The Morgan fingerprint density at radius 1 is 1.43 bits per heavy atom. The molecule has 2 aliphatic rings. The second-order valence-corrected chi connectivity index (χ2v) is 5.71. The van der Waals surface area contributed by atoms with E-state index < -0.39 is 17.7 Å². The number of rotatable bonds is 3. The molecule has 1 amide bonds. The van der Waals surface area contributed by atoms with Crippen LogP contribution in [0.25, 0.3) is 0 Å². The molecule has 0 saturated carbocycles. The van der Waals surface area contributed by atoms with Crippen LogP contribution in [0, 0.1) is 11.2 Å². The van der Waals surface area contributed by atoms with Gasteiger partial charge in [0.05, 0.1) is 6.04 Å². The molecule has 0 radical (unpaired) electrons. The van der Waals surface area contributed by atoms with Crippen LogP contribution in [0.1, 0.15) is 31.4 Å². The van der Waals surface area contributed by atoms with E-state index in [-0.39, 0.29) is 24.8 Å². The van der Waals surface area contributed by atoms with Crippen LogP contribution in [0.15, 0.2) is 24.3 Å².